The molecule has 0 saturated carbocycles. The number of anilines is 1. The largest absolute Gasteiger partial charge is 0.369 e. The summed E-state index contributed by atoms with van der Waals surface area (Å²) in [6, 6.07) is 5.24. The maximum absolute atomic E-state index is 12.2. The van der Waals surface area contributed by atoms with Gasteiger partial charge in [0.2, 0.25) is 5.91 Å². The van der Waals surface area contributed by atoms with E-state index in [0.717, 1.165) is 35.8 Å². The van der Waals surface area contributed by atoms with Crippen LogP contribution in [0.1, 0.15) is 23.2 Å². The molecular formula is C17H19F2N3O2. The molecule has 1 unspecified atom stereocenters. The number of pyridine rings is 1. The summed E-state index contributed by atoms with van der Waals surface area (Å²) in [5.74, 6) is -0.441. The number of aromatic nitrogens is 1. The average molecular weight is 335 g/mol. The quantitative estimate of drug-likeness (QED) is 0.912. The summed E-state index contributed by atoms with van der Waals surface area (Å²) in [6.45, 7) is -1.27. The zero-order valence-corrected chi connectivity index (χ0v) is 13.1. The van der Waals surface area contributed by atoms with Crippen molar-refractivity contribution in [1.29, 1.82) is 0 Å². The van der Waals surface area contributed by atoms with Crippen molar-refractivity contribution in [1.82, 2.24) is 4.98 Å². The number of nitrogens with zero attached hydrogens (tertiary/aromatic N) is 2. The maximum atomic E-state index is 12.2. The molecule has 0 bridgehead atoms. The number of halogens is 2. The average Bonchev–Trinajstić information content (AvgIpc) is 2.59. The Kier molecular flexibility index (Phi) is 4.89. The second kappa shape index (κ2) is 7.09. The highest BCUT2D eigenvalue weighted by Crippen LogP contribution is 2.30. The SMILES string of the molecule is NC(=O)c1ccc2cncc(N3CCCC(COC(F)F)C3)c2c1. The van der Waals surface area contributed by atoms with E-state index in [2.05, 4.69) is 14.6 Å². The number of carbonyl (C=O) groups excluding carboxylic acids is 1. The van der Waals surface area contributed by atoms with Crippen LogP contribution >= 0.6 is 0 Å². The number of piperidine rings is 1. The van der Waals surface area contributed by atoms with E-state index in [0.29, 0.717) is 12.1 Å². The lowest BCUT2D eigenvalue weighted by Crippen LogP contribution is -2.37. The highest BCUT2D eigenvalue weighted by Gasteiger charge is 2.23. The fraction of sp³-hybridized carbons (Fsp3) is 0.412. The van der Waals surface area contributed by atoms with Crippen LogP contribution in [0.4, 0.5) is 14.5 Å². The summed E-state index contributed by atoms with van der Waals surface area (Å²) >= 11 is 0. The minimum Gasteiger partial charge on any atom is -0.369 e. The van der Waals surface area contributed by atoms with Crippen LogP contribution in [0.25, 0.3) is 10.8 Å². The van der Waals surface area contributed by atoms with Crippen molar-refractivity contribution in [2.75, 3.05) is 24.6 Å². The molecule has 1 fully saturated rings. The Morgan fingerprint density at radius 2 is 2.25 bits per heavy atom. The molecule has 1 aromatic carbocycles. The predicted octanol–water partition coefficient (Wildman–Crippen LogP) is 2.79. The first kappa shape index (κ1) is 16.6. The zero-order chi connectivity index (χ0) is 17.1. The number of nitrogens with two attached hydrogens (primary N) is 1. The molecule has 0 spiro atoms. The smallest absolute Gasteiger partial charge is 0.345 e. The molecule has 1 saturated heterocycles. The van der Waals surface area contributed by atoms with E-state index in [9.17, 15) is 13.6 Å². The van der Waals surface area contributed by atoms with Gasteiger partial charge in [0.05, 0.1) is 18.5 Å². The first-order chi connectivity index (χ1) is 11.5. The molecule has 2 N–H and O–H groups in total. The van der Waals surface area contributed by atoms with Crippen LogP contribution < -0.4 is 10.6 Å². The minimum atomic E-state index is -2.74. The van der Waals surface area contributed by atoms with Crippen LogP contribution in [0.2, 0.25) is 0 Å². The van der Waals surface area contributed by atoms with Crippen molar-refractivity contribution in [3.63, 3.8) is 0 Å². The van der Waals surface area contributed by atoms with Crippen molar-refractivity contribution in [3.8, 4) is 0 Å². The molecule has 5 nitrogen and oxygen atoms in total. The van der Waals surface area contributed by atoms with Crippen LogP contribution in [-0.4, -0.2) is 37.2 Å². The summed E-state index contributed by atoms with van der Waals surface area (Å²) in [5.41, 5.74) is 6.69. The number of fused-ring (bicyclic) bond motifs is 1. The summed E-state index contributed by atoms with van der Waals surface area (Å²) in [5, 5.41) is 1.79. The van der Waals surface area contributed by atoms with Crippen molar-refractivity contribution >= 4 is 22.4 Å². The Morgan fingerprint density at radius 3 is 3.00 bits per heavy atom. The van der Waals surface area contributed by atoms with E-state index in [4.69, 9.17) is 5.73 Å². The Balaban J connectivity index is 1.87. The number of amides is 1. The van der Waals surface area contributed by atoms with Gasteiger partial charge in [-0.05, 0) is 25.0 Å². The second-order valence-corrected chi connectivity index (χ2v) is 6.01. The molecule has 7 heteroatoms. The Labute approximate surface area is 138 Å². The van der Waals surface area contributed by atoms with Gasteiger partial charge in [-0.3, -0.25) is 9.78 Å². The number of carbonyl (C=O) groups is 1. The molecule has 1 amide bonds. The summed E-state index contributed by atoms with van der Waals surface area (Å²) in [4.78, 5) is 17.8. The third-order valence-corrected chi connectivity index (χ3v) is 4.34. The van der Waals surface area contributed by atoms with Gasteiger partial charge >= 0.3 is 6.61 Å². The molecule has 1 aromatic heterocycles. The molecule has 0 radical (unpaired) electrons. The molecule has 2 heterocycles. The minimum absolute atomic E-state index is 0.0406. The van der Waals surface area contributed by atoms with Gasteiger partial charge in [0, 0.05) is 41.5 Å². The lowest BCUT2D eigenvalue weighted by Gasteiger charge is -2.34. The number of hydrogen-bond acceptors (Lipinski definition) is 4. The van der Waals surface area contributed by atoms with Crippen LogP contribution in [0.3, 0.4) is 0 Å². The first-order valence-electron chi connectivity index (χ1n) is 7.87. The van der Waals surface area contributed by atoms with Gasteiger partial charge in [-0.15, -0.1) is 0 Å². The van der Waals surface area contributed by atoms with Gasteiger partial charge in [-0.2, -0.15) is 8.78 Å². The standard InChI is InChI=1S/C17H19F2N3O2/c18-17(19)24-10-11-2-1-5-22(9-11)15-8-21-7-13-4-3-12(16(20)23)6-14(13)15/h3-4,6-8,11,17H,1-2,5,9-10H2,(H2,20,23). The number of benzene rings is 1. The van der Waals surface area contributed by atoms with Gasteiger partial charge in [0.25, 0.3) is 0 Å². The third kappa shape index (κ3) is 3.62. The van der Waals surface area contributed by atoms with Gasteiger partial charge in [-0.25, -0.2) is 0 Å². The third-order valence-electron chi connectivity index (χ3n) is 4.34. The van der Waals surface area contributed by atoms with Crippen molar-refractivity contribution in [2.45, 2.75) is 19.5 Å². The topological polar surface area (TPSA) is 68.5 Å². The van der Waals surface area contributed by atoms with Gasteiger partial charge in [-0.1, -0.05) is 6.07 Å². The van der Waals surface area contributed by atoms with Crippen molar-refractivity contribution in [3.05, 3.63) is 36.2 Å². The fourth-order valence-corrected chi connectivity index (χ4v) is 3.18. The van der Waals surface area contributed by atoms with E-state index >= 15 is 0 Å². The molecule has 0 aliphatic carbocycles. The molecule has 24 heavy (non-hydrogen) atoms. The predicted molar refractivity (Wildman–Crippen MR) is 87.2 cm³/mol. The number of rotatable bonds is 5. The highest BCUT2D eigenvalue weighted by atomic mass is 19.3. The normalized spacial score (nSPS) is 18.3. The van der Waals surface area contributed by atoms with E-state index < -0.39 is 12.5 Å². The Morgan fingerprint density at radius 1 is 1.42 bits per heavy atom. The van der Waals surface area contributed by atoms with Gasteiger partial charge in [0.1, 0.15) is 0 Å². The molecule has 1 aliphatic rings. The summed E-state index contributed by atoms with van der Waals surface area (Å²) in [7, 11) is 0. The van der Waals surface area contributed by atoms with Crippen molar-refractivity contribution in [2.24, 2.45) is 11.7 Å². The van der Waals surface area contributed by atoms with Crippen LogP contribution in [0.5, 0.6) is 0 Å². The zero-order valence-electron chi connectivity index (χ0n) is 13.1. The molecular weight excluding hydrogens is 316 g/mol. The van der Waals surface area contributed by atoms with E-state index in [1.807, 2.05) is 6.07 Å². The van der Waals surface area contributed by atoms with E-state index in [-0.39, 0.29) is 12.5 Å². The number of ether oxygens (including phenoxy) is 1. The summed E-state index contributed by atoms with van der Waals surface area (Å²) < 4.78 is 29.0. The molecule has 3 rings (SSSR count). The fourth-order valence-electron chi connectivity index (χ4n) is 3.18. The molecule has 1 aliphatic heterocycles. The Bertz CT molecular complexity index is 739. The Hall–Kier alpha value is -2.28. The lowest BCUT2D eigenvalue weighted by molar-refractivity contribution is -0.138. The van der Waals surface area contributed by atoms with E-state index in [1.54, 1.807) is 24.5 Å². The maximum Gasteiger partial charge on any atom is 0.345 e. The lowest BCUT2D eigenvalue weighted by atomic mass is 9.97. The second-order valence-electron chi connectivity index (χ2n) is 6.01. The first-order valence-corrected chi connectivity index (χ1v) is 7.87. The number of primary amides is 1. The van der Waals surface area contributed by atoms with Gasteiger partial charge < -0.3 is 15.4 Å². The van der Waals surface area contributed by atoms with Crippen LogP contribution in [-0.2, 0) is 4.74 Å². The van der Waals surface area contributed by atoms with Gasteiger partial charge in [0.15, 0.2) is 0 Å². The van der Waals surface area contributed by atoms with Crippen molar-refractivity contribution < 1.29 is 18.3 Å². The molecule has 128 valence electrons. The summed E-state index contributed by atoms with van der Waals surface area (Å²) in [6.07, 6.45) is 5.21. The van der Waals surface area contributed by atoms with E-state index in [1.165, 1.54) is 0 Å². The molecule has 1 atom stereocenters. The highest BCUT2D eigenvalue weighted by molar-refractivity contribution is 6.01. The monoisotopic (exact) mass is 335 g/mol. The molecule has 2 aromatic rings. The number of alkyl halides is 2. The van der Waals surface area contributed by atoms with Crippen LogP contribution in [0.15, 0.2) is 30.6 Å². The van der Waals surface area contributed by atoms with Crippen LogP contribution in [0, 0.1) is 5.92 Å². The number of hydrogen-bond donors (Lipinski definition) is 1.